The van der Waals surface area contributed by atoms with Crippen LogP contribution in [0.3, 0.4) is 0 Å². The third-order valence-corrected chi connectivity index (χ3v) is 4.14. The molecule has 0 aromatic heterocycles. The Kier molecular flexibility index (Phi) is 5.35. The van der Waals surface area contributed by atoms with Crippen molar-refractivity contribution < 1.29 is 28.0 Å². The van der Waals surface area contributed by atoms with Crippen molar-refractivity contribution in [1.82, 2.24) is 4.72 Å². The Balaban J connectivity index is 3.52. The number of aliphatic hydroxyl groups is 1. The number of aliphatic hydroxyl groups excluding tert-OH is 1. The van der Waals surface area contributed by atoms with Gasteiger partial charge in [0.05, 0.1) is 18.6 Å². The van der Waals surface area contributed by atoms with E-state index < -0.39 is 49.7 Å². The van der Waals surface area contributed by atoms with Gasteiger partial charge in [0, 0.05) is 12.1 Å². The first-order valence-electron chi connectivity index (χ1n) is 5.73. The van der Waals surface area contributed by atoms with Gasteiger partial charge in [0.25, 0.3) is 5.69 Å². The molecule has 0 saturated carbocycles. The molecule has 1 atom stereocenters. The number of nitro groups is 1. The number of nitrogens with one attached hydrogen (secondary N) is 1. The van der Waals surface area contributed by atoms with E-state index in [2.05, 4.69) is 9.46 Å². The number of rotatable bonds is 6. The van der Waals surface area contributed by atoms with Crippen molar-refractivity contribution in [2.75, 3.05) is 13.7 Å². The zero-order valence-corrected chi connectivity index (χ0v) is 12.1. The van der Waals surface area contributed by atoms with Crippen molar-refractivity contribution in [1.29, 1.82) is 0 Å². The van der Waals surface area contributed by atoms with Gasteiger partial charge in [-0.25, -0.2) is 17.9 Å². The molecule has 1 rings (SSSR count). The highest BCUT2D eigenvalue weighted by atomic mass is 32.2. The molecule has 1 unspecified atom stereocenters. The van der Waals surface area contributed by atoms with Crippen LogP contribution >= 0.6 is 0 Å². The molecule has 1 aromatic carbocycles. The van der Waals surface area contributed by atoms with Crippen LogP contribution in [0.2, 0.25) is 0 Å². The van der Waals surface area contributed by atoms with E-state index in [1.165, 1.54) is 6.92 Å². The molecule has 9 nitrogen and oxygen atoms in total. The van der Waals surface area contributed by atoms with Gasteiger partial charge in [0.15, 0.2) is 5.56 Å². The van der Waals surface area contributed by atoms with Crippen LogP contribution in [0, 0.1) is 10.1 Å². The number of nitrogens with zero attached hydrogens (tertiary/aromatic N) is 1. The van der Waals surface area contributed by atoms with E-state index in [0.29, 0.717) is 0 Å². The normalized spacial score (nSPS) is 12.7. The summed E-state index contributed by atoms with van der Waals surface area (Å²) in [4.78, 5) is 21.2. The van der Waals surface area contributed by atoms with Gasteiger partial charge in [0.2, 0.25) is 10.0 Å². The lowest BCUT2D eigenvalue weighted by molar-refractivity contribution is -0.385. The molecule has 0 spiro atoms. The second-order valence-corrected chi connectivity index (χ2v) is 5.79. The molecule has 2 N–H and O–H groups in total. The average molecular weight is 318 g/mol. The molecule has 0 radical (unpaired) electrons. The van der Waals surface area contributed by atoms with E-state index in [1.54, 1.807) is 0 Å². The van der Waals surface area contributed by atoms with Crippen LogP contribution in [0.1, 0.15) is 17.3 Å². The van der Waals surface area contributed by atoms with Crippen molar-refractivity contribution >= 4 is 21.7 Å². The lowest BCUT2D eigenvalue weighted by atomic mass is 10.2. The van der Waals surface area contributed by atoms with E-state index in [0.717, 1.165) is 25.3 Å². The lowest BCUT2D eigenvalue weighted by Gasteiger charge is -2.13. The summed E-state index contributed by atoms with van der Waals surface area (Å²) in [5.41, 5.74) is -1.34. The Morgan fingerprint density at radius 3 is 2.62 bits per heavy atom. The van der Waals surface area contributed by atoms with Crippen LogP contribution in [0.5, 0.6) is 0 Å². The van der Waals surface area contributed by atoms with Gasteiger partial charge >= 0.3 is 5.97 Å². The summed E-state index contributed by atoms with van der Waals surface area (Å²) < 4.78 is 30.8. The largest absolute Gasteiger partial charge is 0.465 e. The predicted octanol–water partition coefficient (Wildman–Crippen LogP) is 0.0405. The Hall–Kier alpha value is -2.04. The van der Waals surface area contributed by atoms with Crippen LogP contribution in [0.15, 0.2) is 23.1 Å². The maximum atomic E-state index is 12.2. The number of carbonyl (C=O) groups is 1. The maximum absolute atomic E-state index is 12.2. The molecular weight excluding hydrogens is 304 g/mol. The van der Waals surface area contributed by atoms with Gasteiger partial charge in [-0.1, -0.05) is 6.07 Å². The maximum Gasteiger partial charge on any atom is 0.346 e. The number of esters is 1. The fraction of sp³-hybridized carbons (Fsp3) is 0.364. The first-order chi connectivity index (χ1) is 9.74. The molecule has 0 aliphatic rings. The van der Waals surface area contributed by atoms with Gasteiger partial charge in [-0.3, -0.25) is 10.1 Å². The van der Waals surface area contributed by atoms with E-state index in [1.807, 2.05) is 0 Å². The monoisotopic (exact) mass is 318 g/mol. The highest BCUT2D eigenvalue weighted by Gasteiger charge is 2.31. The molecule has 0 heterocycles. The zero-order chi connectivity index (χ0) is 16.2. The molecule has 116 valence electrons. The summed E-state index contributed by atoms with van der Waals surface area (Å²) in [6.45, 7) is 0.925. The van der Waals surface area contributed by atoms with Crippen LogP contribution in [0.25, 0.3) is 0 Å². The molecule has 1 aromatic rings. The Bertz CT molecular complexity index is 657. The third kappa shape index (κ3) is 3.74. The zero-order valence-electron chi connectivity index (χ0n) is 11.3. The molecule has 0 saturated heterocycles. The molecule has 0 aliphatic carbocycles. The number of carbonyl (C=O) groups excluding carboxylic acids is 1. The number of benzene rings is 1. The molecular formula is C11H14N2O7S. The van der Waals surface area contributed by atoms with Crippen molar-refractivity contribution in [2.45, 2.75) is 17.9 Å². The summed E-state index contributed by atoms with van der Waals surface area (Å²) in [6.07, 6.45) is 0. The van der Waals surface area contributed by atoms with Crippen LogP contribution in [-0.2, 0) is 14.8 Å². The smallest absolute Gasteiger partial charge is 0.346 e. The average Bonchev–Trinajstić information content (AvgIpc) is 2.44. The minimum Gasteiger partial charge on any atom is -0.465 e. The predicted molar refractivity (Wildman–Crippen MR) is 71.3 cm³/mol. The van der Waals surface area contributed by atoms with Crippen molar-refractivity contribution in [3.05, 3.63) is 33.9 Å². The van der Waals surface area contributed by atoms with Crippen molar-refractivity contribution in [2.24, 2.45) is 0 Å². The second-order valence-electron chi connectivity index (χ2n) is 4.10. The number of nitro benzene ring substituents is 1. The fourth-order valence-corrected chi connectivity index (χ4v) is 3.01. The van der Waals surface area contributed by atoms with Crippen molar-refractivity contribution in [3.8, 4) is 0 Å². The summed E-state index contributed by atoms with van der Waals surface area (Å²) in [7, 11) is -3.24. The third-order valence-electron chi connectivity index (χ3n) is 2.51. The van der Waals surface area contributed by atoms with Gasteiger partial charge in [0.1, 0.15) is 4.90 Å². The Morgan fingerprint density at radius 1 is 1.52 bits per heavy atom. The summed E-state index contributed by atoms with van der Waals surface area (Å²) in [5.74, 6) is -1.14. The van der Waals surface area contributed by atoms with Gasteiger partial charge in [-0.15, -0.1) is 0 Å². The van der Waals surface area contributed by atoms with E-state index in [-0.39, 0.29) is 0 Å². The van der Waals surface area contributed by atoms with Crippen LogP contribution in [0.4, 0.5) is 5.69 Å². The Morgan fingerprint density at radius 2 is 2.14 bits per heavy atom. The Labute approximate surface area is 120 Å². The molecule has 10 heteroatoms. The molecule has 0 fully saturated rings. The second kappa shape index (κ2) is 6.61. The summed E-state index contributed by atoms with van der Waals surface area (Å²) in [5, 5.41) is 19.8. The van der Waals surface area contributed by atoms with E-state index in [9.17, 15) is 23.3 Å². The molecule has 0 bridgehead atoms. The highest BCUT2D eigenvalue weighted by molar-refractivity contribution is 7.89. The van der Waals surface area contributed by atoms with E-state index in [4.69, 9.17) is 5.11 Å². The number of ether oxygens (including phenoxy) is 1. The molecule has 0 amide bonds. The minimum atomic E-state index is -4.23. The SMILES string of the molecule is COC(=O)c1c([N+](=O)[O-])cccc1S(=O)(=O)NC(C)CO. The van der Waals surface area contributed by atoms with Crippen LogP contribution < -0.4 is 4.72 Å². The van der Waals surface area contributed by atoms with Crippen molar-refractivity contribution in [3.63, 3.8) is 0 Å². The van der Waals surface area contributed by atoms with E-state index >= 15 is 0 Å². The van der Waals surface area contributed by atoms with Gasteiger partial charge in [-0.05, 0) is 13.0 Å². The van der Waals surface area contributed by atoms with Gasteiger partial charge < -0.3 is 9.84 Å². The minimum absolute atomic E-state index is 0.471. The topological polar surface area (TPSA) is 136 Å². The highest BCUT2D eigenvalue weighted by Crippen LogP contribution is 2.26. The van der Waals surface area contributed by atoms with Crippen LogP contribution in [-0.4, -0.2) is 44.2 Å². The standard InChI is InChI=1S/C11H14N2O7S/c1-7(6-14)12-21(18,19)9-5-3-4-8(13(16)17)10(9)11(15)20-2/h3-5,7,12,14H,6H2,1-2H3. The quantitative estimate of drug-likeness (QED) is 0.429. The first-order valence-corrected chi connectivity index (χ1v) is 7.21. The molecule has 0 aliphatic heterocycles. The molecule has 21 heavy (non-hydrogen) atoms. The first kappa shape index (κ1) is 17.0. The lowest BCUT2D eigenvalue weighted by Crippen LogP contribution is -2.36. The summed E-state index contributed by atoms with van der Waals surface area (Å²) in [6, 6.07) is 2.37. The number of hydrogen-bond donors (Lipinski definition) is 2. The van der Waals surface area contributed by atoms with Gasteiger partial charge in [-0.2, -0.15) is 0 Å². The number of hydrogen-bond acceptors (Lipinski definition) is 7. The fourth-order valence-electron chi connectivity index (χ4n) is 1.57. The summed E-state index contributed by atoms with van der Waals surface area (Å²) >= 11 is 0. The number of methoxy groups -OCH3 is 1. The number of sulfonamides is 1.